The molecular weight excluding hydrogens is 481 g/mol. The van der Waals surface area contributed by atoms with Gasteiger partial charge in [0.25, 0.3) is 5.91 Å². The van der Waals surface area contributed by atoms with Gasteiger partial charge >= 0.3 is 0 Å². The van der Waals surface area contributed by atoms with Crippen LogP contribution < -0.4 is 15.4 Å². The highest BCUT2D eigenvalue weighted by molar-refractivity contribution is 5.94. The first-order chi connectivity index (χ1) is 18.5. The Balaban J connectivity index is 1.16. The average molecular weight is 514 g/mol. The number of nitrogens with one attached hydrogen (secondary N) is 2. The normalized spacial score (nSPS) is 20.4. The van der Waals surface area contributed by atoms with Gasteiger partial charge in [0.1, 0.15) is 17.7 Å². The fourth-order valence-electron chi connectivity index (χ4n) is 5.66. The molecule has 1 aliphatic carbocycles. The van der Waals surface area contributed by atoms with Crippen molar-refractivity contribution in [2.45, 2.75) is 38.3 Å². The lowest BCUT2D eigenvalue weighted by Gasteiger charge is -2.52. The summed E-state index contributed by atoms with van der Waals surface area (Å²) in [4.78, 5) is 17.1. The van der Waals surface area contributed by atoms with Gasteiger partial charge in [-0.15, -0.1) is 0 Å². The standard InChI is InChI=1S/C31H32FN3O3/c1-20(35-30(36)24-12-28(16-33-15-24)38-27-10-11-37-17-27)21-2-4-22(5-3-21)29(23-6-8-26(32)9-7-23)25-13-31(14-25)18-34-19-31/h2-9,12,15-16,20,27,34H,10-11,13-14,17-19H2,1H3,(H,35,36)/t20-,27-/m1/s1. The highest BCUT2D eigenvalue weighted by Gasteiger charge is 2.46. The van der Waals surface area contributed by atoms with Crippen molar-refractivity contribution in [3.8, 4) is 5.75 Å². The third-order valence-corrected chi connectivity index (χ3v) is 7.88. The summed E-state index contributed by atoms with van der Waals surface area (Å²) in [7, 11) is 0. The van der Waals surface area contributed by atoms with E-state index in [0.29, 0.717) is 29.9 Å². The summed E-state index contributed by atoms with van der Waals surface area (Å²) in [5.41, 5.74) is 6.63. The number of amides is 1. The molecule has 2 atom stereocenters. The molecule has 1 saturated carbocycles. The Hall–Kier alpha value is -3.55. The first kappa shape index (κ1) is 24.8. The second kappa shape index (κ2) is 10.3. The molecule has 1 aromatic heterocycles. The Morgan fingerprint density at radius 1 is 1.08 bits per heavy atom. The Kier molecular flexibility index (Phi) is 6.72. The third-order valence-electron chi connectivity index (χ3n) is 7.88. The predicted molar refractivity (Wildman–Crippen MR) is 143 cm³/mol. The van der Waals surface area contributed by atoms with Crippen LogP contribution in [-0.4, -0.2) is 43.3 Å². The van der Waals surface area contributed by atoms with E-state index < -0.39 is 0 Å². The van der Waals surface area contributed by atoms with Gasteiger partial charge in [-0.3, -0.25) is 9.78 Å². The molecule has 0 radical (unpaired) electrons. The molecule has 2 aromatic carbocycles. The van der Waals surface area contributed by atoms with Crippen LogP contribution in [0, 0.1) is 11.2 Å². The first-order valence-electron chi connectivity index (χ1n) is 13.3. The van der Waals surface area contributed by atoms with E-state index in [1.807, 2.05) is 19.1 Å². The quantitative estimate of drug-likeness (QED) is 0.462. The molecule has 7 heteroatoms. The summed E-state index contributed by atoms with van der Waals surface area (Å²) in [6.45, 7) is 5.36. The maximum Gasteiger partial charge on any atom is 0.253 e. The number of allylic oxidation sites excluding steroid dienone is 1. The highest BCUT2D eigenvalue weighted by atomic mass is 19.1. The maximum atomic E-state index is 13.6. The van der Waals surface area contributed by atoms with Crippen LogP contribution in [0.25, 0.3) is 5.57 Å². The highest BCUT2D eigenvalue weighted by Crippen LogP contribution is 2.51. The zero-order valence-corrected chi connectivity index (χ0v) is 21.5. The van der Waals surface area contributed by atoms with E-state index in [1.165, 1.54) is 23.3 Å². The molecule has 38 heavy (non-hydrogen) atoms. The van der Waals surface area contributed by atoms with Crippen molar-refractivity contribution < 1.29 is 18.7 Å². The van der Waals surface area contributed by atoms with Crippen LogP contribution in [0.15, 0.2) is 72.6 Å². The summed E-state index contributed by atoms with van der Waals surface area (Å²) in [6.07, 6.45) is 6.15. The monoisotopic (exact) mass is 513 g/mol. The summed E-state index contributed by atoms with van der Waals surface area (Å²) in [5.74, 6) is 0.137. The van der Waals surface area contributed by atoms with Crippen LogP contribution >= 0.6 is 0 Å². The van der Waals surface area contributed by atoms with E-state index >= 15 is 0 Å². The van der Waals surface area contributed by atoms with Crippen molar-refractivity contribution in [1.82, 2.24) is 15.6 Å². The van der Waals surface area contributed by atoms with E-state index in [4.69, 9.17) is 9.47 Å². The number of benzene rings is 2. The number of pyridine rings is 1. The molecule has 3 aliphatic rings. The van der Waals surface area contributed by atoms with Gasteiger partial charge in [-0.1, -0.05) is 42.0 Å². The van der Waals surface area contributed by atoms with Crippen LogP contribution in [0.2, 0.25) is 0 Å². The van der Waals surface area contributed by atoms with Crippen molar-refractivity contribution in [2.24, 2.45) is 5.41 Å². The first-order valence-corrected chi connectivity index (χ1v) is 13.3. The number of ether oxygens (including phenoxy) is 2. The van der Waals surface area contributed by atoms with Gasteiger partial charge in [-0.25, -0.2) is 4.39 Å². The van der Waals surface area contributed by atoms with Crippen molar-refractivity contribution in [1.29, 1.82) is 0 Å². The molecule has 2 saturated heterocycles. The van der Waals surface area contributed by atoms with Gasteiger partial charge < -0.3 is 20.1 Å². The van der Waals surface area contributed by atoms with Gasteiger partial charge in [-0.05, 0) is 60.2 Å². The molecule has 6 nitrogen and oxygen atoms in total. The number of carbonyl (C=O) groups excluding carboxylic acids is 1. The van der Waals surface area contributed by atoms with E-state index in [2.05, 4.69) is 39.9 Å². The lowest BCUT2D eigenvalue weighted by molar-refractivity contribution is 0.0938. The summed E-state index contributed by atoms with van der Waals surface area (Å²) in [5, 5.41) is 6.47. The summed E-state index contributed by atoms with van der Waals surface area (Å²) >= 11 is 0. The molecule has 2 aliphatic heterocycles. The topological polar surface area (TPSA) is 72.5 Å². The smallest absolute Gasteiger partial charge is 0.253 e. The summed E-state index contributed by atoms with van der Waals surface area (Å²) in [6, 6.07) is 16.6. The van der Waals surface area contributed by atoms with Crippen LogP contribution in [0.1, 0.15) is 59.3 Å². The van der Waals surface area contributed by atoms with Gasteiger partial charge in [0, 0.05) is 31.1 Å². The van der Waals surface area contributed by atoms with E-state index in [9.17, 15) is 9.18 Å². The molecule has 196 valence electrons. The predicted octanol–water partition coefficient (Wildman–Crippen LogP) is 5.06. The molecule has 0 bridgehead atoms. The molecule has 1 spiro atoms. The Morgan fingerprint density at radius 3 is 2.42 bits per heavy atom. The third kappa shape index (κ3) is 5.08. The number of aromatic nitrogens is 1. The van der Waals surface area contributed by atoms with Crippen LogP contribution in [0.3, 0.4) is 0 Å². The number of carbonyl (C=O) groups is 1. The second-order valence-corrected chi connectivity index (χ2v) is 10.8. The maximum absolute atomic E-state index is 13.6. The largest absolute Gasteiger partial charge is 0.486 e. The fraction of sp³-hybridized carbons (Fsp3) is 0.355. The lowest BCUT2D eigenvalue weighted by atomic mass is 9.60. The van der Waals surface area contributed by atoms with Crippen molar-refractivity contribution >= 4 is 11.5 Å². The number of nitrogens with zero attached hydrogens (tertiary/aromatic N) is 1. The number of hydrogen-bond acceptors (Lipinski definition) is 5. The minimum absolute atomic E-state index is 0.00169. The second-order valence-electron chi connectivity index (χ2n) is 10.8. The van der Waals surface area contributed by atoms with Crippen molar-refractivity contribution in [3.63, 3.8) is 0 Å². The minimum atomic E-state index is -0.230. The fourth-order valence-corrected chi connectivity index (χ4v) is 5.66. The molecular formula is C31H32FN3O3. The van der Waals surface area contributed by atoms with Gasteiger partial charge in [0.2, 0.25) is 0 Å². The minimum Gasteiger partial charge on any atom is -0.486 e. The van der Waals surface area contributed by atoms with Crippen molar-refractivity contribution in [3.05, 3.63) is 101 Å². The molecule has 2 N–H and O–H groups in total. The molecule has 3 heterocycles. The molecule has 6 rings (SSSR count). The van der Waals surface area contributed by atoms with Gasteiger partial charge in [0.15, 0.2) is 0 Å². The van der Waals surface area contributed by atoms with Crippen molar-refractivity contribution in [2.75, 3.05) is 26.3 Å². The molecule has 3 fully saturated rings. The van der Waals surface area contributed by atoms with E-state index in [0.717, 1.165) is 49.0 Å². The summed E-state index contributed by atoms with van der Waals surface area (Å²) < 4.78 is 24.9. The molecule has 3 aromatic rings. The zero-order chi connectivity index (χ0) is 26.1. The SMILES string of the molecule is C[C@@H](NC(=O)c1cncc(O[C@@H]2CCOC2)c1)c1ccc(C(=C2CC3(CNC3)C2)c2ccc(F)cc2)cc1. The van der Waals surface area contributed by atoms with E-state index in [1.54, 1.807) is 18.5 Å². The number of rotatable bonds is 7. The van der Waals surface area contributed by atoms with Crippen LogP contribution in [0.4, 0.5) is 4.39 Å². The number of halogens is 1. The Bertz CT molecular complexity index is 1330. The van der Waals surface area contributed by atoms with Gasteiger partial charge in [0.05, 0.1) is 31.0 Å². The van der Waals surface area contributed by atoms with Crippen LogP contribution in [-0.2, 0) is 4.74 Å². The average Bonchev–Trinajstić information content (AvgIpc) is 3.39. The Labute approximate surface area is 222 Å². The molecule has 1 amide bonds. The number of hydrogen-bond donors (Lipinski definition) is 2. The Morgan fingerprint density at radius 2 is 1.79 bits per heavy atom. The van der Waals surface area contributed by atoms with Crippen LogP contribution in [0.5, 0.6) is 5.75 Å². The van der Waals surface area contributed by atoms with E-state index in [-0.39, 0.29) is 23.9 Å². The molecule has 0 unspecified atom stereocenters. The zero-order valence-electron chi connectivity index (χ0n) is 21.5. The lowest BCUT2D eigenvalue weighted by Crippen LogP contribution is -2.58. The van der Waals surface area contributed by atoms with Gasteiger partial charge in [-0.2, -0.15) is 0 Å².